The van der Waals surface area contributed by atoms with Gasteiger partial charge in [0.25, 0.3) is 0 Å². The van der Waals surface area contributed by atoms with Gasteiger partial charge in [0.2, 0.25) is 0 Å². The second-order valence-electron chi connectivity index (χ2n) is 4.63. The van der Waals surface area contributed by atoms with Crippen LogP contribution in [0.1, 0.15) is 36.7 Å². The van der Waals surface area contributed by atoms with Gasteiger partial charge < -0.3 is 9.72 Å². The summed E-state index contributed by atoms with van der Waals surface area (Å²) < 4.78 is 2.08. The normalized spacial score (nSPS) is 20.9. The molecule has 1 fully saturated rings. The minimum atomic E-state index is 0.389. The lowest BCUT2D eigenvalue weighted by Crippen LogP contribution is -2.27. The van der Waals surface area contributed by atoms with E-state index in [1.165, 1.54) is 25.0 Å². The number of nitrogens with zero attached hydrogens (tertiary/aromatic N) is 2. The van der Waals surface area contributed by atoms with Gasteiger partial charge in [0, 0.05) is 11.9 Å². The molecular weight excluding hydrogens is 234 g/mol. The lowest BCUT2D eigenvalue weighted by molar-refractivity contribution is 0.405. The molecule has 2 aromatic heterocycles. The van der Waals surface area contributed by atoms with Gasteiger partial charge in [0.05, 0.1) is 16.8 Å². The molecule has 0 spiro atoms. The van der Waals surface area contributed by atoms with Crippen LogP contribution in [0.2, 0.25) is 5.02 Å². The van der Waals surface area contributed by atoms with Gasteiger partial charge in [-0.1, -0.05) is 18.0 Å². The zero-order valence-corrected chi connectivity index (χ0v) is 10.7. The highest BCUT2D eigenvalue weighted by molar-refractivity contribution is 6.33. The molecular formula is C13H16ClN3. The summed E-state index contributed by atoms with van der Waals surface area (Å²) in [6.07, 6.45) is 5.74. The molecule has 3 heterocycles. The maximum Gasteiger partial charge on any atom is 0.156 e. The van der Waals surface area contributed by atoms with E-state index in [4.69, 9.17) is 16.6 Å². The third-order valence-electron chi connectivity index (χ3n) is 3.52. The first-order valence-electron chi connectivity index (χ1n) is 6.14. The second kappa shape index (κ2) is 4.31. The number of pyridine rings is 1. The molecule has 1 aliphatic rings. The first-order valence-corrected chi connectivity index (χ1v) is 6.51. The summed E-state index contributed by atoms with van der Waals surface area (Å²) in [4.78, 5) is 4.70. The molecule has 2 aromatic rings. The molecule has 17 heavy (non-hydrogen) atoms. The molecule has 1 saturated heterocycles. The van der Waals surface area contributed by atoms with Crippen LogP contribution >= 0.6 is 11.6 Å². The Morgan fingerprint density at radius 3 is 3.06 bits per heavy atom. The van der Waals surface area contributed by atoms with Crippen LogP contribution in [0.25, 0.3) is 5.65 Å². The zero-order valence-electron chi connectivity index (χ0n) is 9.91. The number of nitrogens with one attached hydrogen (secondary N) is 1. The number of imidazole rings is 1. The maximum atomic E-state index is 6.18. The van der Waals surface area contributed by atoms with Gasteiger partial charge in [0.15, 0.2) is 5.65 Å². The molecule has 3 nitrogen and oxygen atoms in total. The summed E-state index contributed by atoms with van der Waals surface area (Å²) in [6.45, 7) is 3.20. The number of piperidine rings is 1. The van der Waals surface area contributed by atoms with Gasteiger partial charge in [-0.3, -0.25) is 0 Å². The Kier molecular flexibility index (Phi) is 2.81. The highest BCUT2D eigenvalue weighted by Crippen LogP contribution is 2.27. The van der Waals surface area contributed by atoms with Crippen LogP contribution in [-0.4, -0.2) is 15.9 Å². The Morgan fingerprint density at radius 1 is 1.47 bits per heavy atom. The topological polar surface area (TPSA) is 29.3 Å². The number of hydrogen-bond donors (Lipinski definition) is 1. The van der Waals surface area contributed by atoms with E-state index in [2.05, 4.69) is 16.6 Å². The second-order valence-corrected chi connectivity index (χ2v) is 5.04. The third-order valence-corrected chi connectivity index (χ3v) is 3.81. The summed E-state index contributed by atoms with van der Waals surface area (Å²) >= 11 is 6.18. The minimum Gasteiger partial charge on any atom is -0.309 e. The van der Waals surface area contributed by atoms with Crippen molar-refractivity contribution in [2.24, 2.45) is 0 Å². The minimum absolute atomic E-state index is 0.389. The molecule has 3 rings (SSSR count). The number of aromatic nitrogens is 2. The smallest absolute Gasteiger partial charge is 0.156 e. The summed E-state index contributed by atoms with van der Waals surface area (Å²) in [6, 6.07) is 4.24. The van der Waals surface area contributed by atoms with Crippen molar-refractivity contribution in [2.75, 3.05) is 6.54 Å². The molecule has 1 aliphatic heterocycles. The highest BCUT2D eigenvalue weighted by atomic mass is 35.5. The highest BCUT2D eigenvalue weighted by Gasteiger charge is 2.21. The van der Waals surface area contributed by atoms with Crippen molar-refractivity contribution < 1.29 is 0 Å². The Balaban J connectivity index is 2.10. The van der Waals surface area contributed by atoms with Gasteiger partial charge in [-0.05, 0) is 38.4 Å². The van der Waals surface area contributed by atoms with Crippen LogP contribution in [0, 0.1) is 6.92 Å². The number of aryl methyl sites for hydroxylation is 1. The van der Waals surface area contributed by atoms with Crippen LogP contribution in [-0.2, 0) is 0 Å². The van der Waals surface area contributed by atoms with Crippen molar-refractivity contribution in [3.8, 4) is 0 Å². The summed E-state index contributed by atoms with van der Waals surface area (Å²) in [5.41, 5.74) is 3.22. The number of halogens is 1. The Morgan fingerprint density at radius 2 is 2.35 bits per heavy atom. The Bertz CT molecular complexity index is 541. The van der Waals surface area contributed by atoms with E-state index in [0.717, 1.165) is 22.9 Å². The van der Waals surface area contributed by atoms with Gasteiger partial charge in [0.1, 0.15) is 0 Å². The average Bonchev–Trinajstić information content (AvgIpc) is 2.70. The van der Waals surface area contributed by atoms with Gasteiger partial charge >= 0.3 is 0 Å². The van der Waals surface area contributed by atoms with Gasteiger partial charge in [-0.15, -0.1) is 0 Å². The fourth-order valence-electron chi connectivity index (χ4n) is 2.59. The quantitative estimate of drug-likeness (QED) is 0.842. The number of hydrogen-bond acceptors (Lipinski definition) is 2. The van der Waals surface area contributed by atoms with Crippen molar-refractivity contribution in [3.63, 3.8) is 0 Å². The molecule has 0 saturated carbocycles. The Hall–Kier alpha value is -1.06. The van der Waals surface area contributed by atoms with Gasteiger partial charge in [-0.25, -0.2) is 4.98 Å². The van der Waals surface area contributed by atoms with E-state index in [1.54, 1.807) is 0 Å². The molecule has 0 aromatic carbocycles. The van der Waals surface area contributed by atoms with E-state index >= 15 is 0 Å². The van der Waals surface area contributed by atoms with Crippen LogP contribution in [0.5, 0.6) is 0 Å². The molecule has 1 unspecified atom stereocenters. The van der Waals surface area contributed by atoms with E-state index in [0.29, 0.717) is 6.04 Å². The molecule has 0 bridgehead atoms. The lowest BCUT2D eigenvalue weighted by Gasteiger charge is -2.22. The largest absolute Gasteiger partial charge is 0.309 e. The predicted octanol–water partition coefficient (Wildman–Crippen LogP) is 3.11. The van der Waals surface area contributed by atoms with Crippen LogP contribution < -0.4 is 5.32 Å². The predicted molar refractivity (Wildman–Crippen MR) is 69.5 cm³/mol. The Labute approximate surface area is 106 Å². The molecule has 0 amide bonds. The molecule has 90 valence electrons. The fourth-order valence-corrected chi connectivity index (χ4v) is 2.79. The van der Waals surface area contributed by atoms with Crippen molar-refractivity contribution in [1.29, 1.82) is 0 Å². The molecule has 4 heteroatoms. The number of rotatable bonds is 1. The summed E-state index contributed by atoms with van der Waals surface area (Å²) in [5.74, 6) is 0. The monoisotopic (exact) mass is 249 g/mol. The standard InChI is InChI=1S/C13H16ClN3/c1-9-12(11-6-2-3-7-15-11)16-13-10(14)5-4-8-17(9)13/h4-5,8,11,15H,2-3,6-7H2,1H3. The fraction of sp³-hybridized carbons (Fsp3) is 0.462. The van der Waals surface area contributed by atoms with E-state index in [-0.39, 0.29) is 0 Å². The first kappa shape index (κ1) is 11.1. The van der Waals surface area contributed by atoms with E-state index < -0.39 is 0 Å². The summed E-state index contributed by atoms with van der Waals surface area (Å²) in [5, 5.41) is 4.26. The van der Waals surface area contributed by atoms with E-state index in [1.807, 2.05) is 18.3 Å². The molecule has 0 radical (unpaired) electrons. The lowest BCUT2D eigenvalue weighted by atomic mass is 10.0. The average molecular weight is 250 g/mol. The SMILES string of the molecule is Cc1c(C2CCCCN2)nc2c(Cl)cccn12. The van der Waals surface area contributed by atoms with Crippen LogP contribution in [0.4, 0.5) is 0 Å². The van der Waals surface area contributed by atoms with Crippen molar-refractivity contribution in [1.82, 2.24) is 14.7 Å². The van der Waals surface area contributed by atoms with Crippen LogP contribution in [0.15, 0.2) is 18.3 Å². The third kappa shape index (κ3) is 1.83. The number of fused-ring (bicyclic) bond motifs is 1. The van der Waals surface area contributed by atoms with Crippen LogP contribution in [0.3, 0.4) is 0 Å². The first-order chi connectivity index (χ1) is 8.27. The zero-order chi connectivity index (χ0) is 11.8. The molecule has 1 atom stereocenters. The summed E-state index contributed by atoms with van der Waals surface area (Å²) in [7, 11) is 0. The molecule has 1 N–H and O–H groups in total. The van der Waals surface area contributed by atoms with E-state index in [9.17, 15) is 0 Å². The van der Waals surface area contributed by atoms with Crippen molar-refractivity contribution in [2.45, 2.75) is 32.2 Å². The van der Waals surface area contributed by atoms with Crippen molar-refractivity contribution >= 4 is 17.2 Å². The van der Waals surface area contributed by atoms with Crippen molar-refractivity contribution in [3.05, 3.63) is 34.7 Å². The maximum absolute atomic E-state index is 6.18. The van der Waals surface area contributed by atoms with Gasteiger partial charge in [-0.2, -0.15) is 0 Å². The molecule has 0 aliphatic carbocycles.